The summed E-state index contributed by atoms with van der Waals surface area (Å²) < 4.78 is 0. The third-order valence-corrected chi connectivity index (χ3v) is 2.13. The molecule has 76 valence electrons. The third kappa shape index (κ3) is 2.22. The maximum absolute atomic E-state index is 11.5. The van der Waals surface area contributed by atoms with Gasteiger partial charge in [-0.3, -0.25) is 9.78 Å². The van der Waals surface area contributed by atoms with Gasteiger partial charge in [0.05, 0.1) is 0 Å². The zero-order valence-corrected chi connectivity index (χ0v) is 8.10. The van der Waals surface area contributed by atoms with Gasteiger partial charge < -0.3 is 5.73 Å². The molecule has 0 aliphatic carbocycles. The molecular weight excluding hydrogens is 190 g/mol. The van der Waals surface area contributed by atoms with E-state index in [2.05, 4.69) is 9.97 Å². The van der Waals surface area contributed by atoms with Crippen molar-refractivity contribution >= 4 is 5.95 Å². The van der Waals surface area contributed by atoms with E-state index in [0.29, 0.717) is 12.0 Å². The minimum Gasteiger partial charge on any atom is -0.369 e. The molecule has 2 rings (SSSR count). The number of nitrogens with one attached hydrogen (secondary N) is 1. The predicted octanol–water partition coefficient (Wildman–Crippen LogP) is 0.943. The van der Waals surface area contributed by atoms with Gasteiger partial charge in [0, 0.05) is 18.2 Å². The van der Waals surface area contributed by atoms with E-state index in [1.54, 1.807) is 0 Å². The van der Waals surface area contributed by atoms with Gasteiger partial charge in [-0.25, -0.2) is 4.98 Å². The number of hydrogen-bond donors (Lipinski definition) is 2. The molecule has 1 heterocycles. The average Bonchev–Trinajstić information content (AvgIpc) is 2.24. The molecule has 1 aromatic carbocycles. The molecule has 0 atom stereocenters. The highest BCUT2D eigenvalue weighted by Crippen LogP contribution is 2.04. The fourth-order valence-electron chi connectivity index (χ4n) is 1.38. The summed E-state index contributed by atoms with van der Waals surface area (Å²) in [5, 5.41) is 0. The first-order valence-corrected chi connectivity index (χ1v) is 4.63. The summed E-state index contributed by atoms with van der Waals surface area (Å²) >= 11 is 0. The molecule has 3 N–H and O–H groups in total. The second-order valence-corrected chi connectivity index (χ2v) is 3.29. The van der Waals surface area contributed by atoms with E-state index in [9.17, 15) is 4.79 Å². The highest BCUT2D eigenvalue weighted by molar-refractivity contribution is 5.25. The van der Waals surface area contributed by atoms with Crippen LogP contribution < -0.4 is 11.3 Å². The number of nitrogens with two attached hydrogens (primary N) is 1. The number of aromatic amines is 1. The molecule has 0 fully saturated rings. The zero-order chi connectivity index (χ0) is 10.7. The van der Waals surface area contributed by atoms with Crippen LogP contribution in [0.4, 0.5) is 5.95 Å². The number of hydrogen-bond acceptors (Lipinski definition) is 3. The Morgan fingerprint density at radius 3 is 2.67 bits per heavy atom. The summed E-state index contributed by atoms with van der Waals surface area (Å²) in [6.07, 6.45) is 2.09. The Morgan fingerprint density at radius 1 is 1.27 bits per heavy atom. The lowest BCUT2D eigenvalue weighted by Gasteiger charge is -2.00. The summed E-state index contributed by atoms with van der Waals surface area (Å²) in [4.78, 5) is 17.8. The van der Waals surface area contributed by atoms with E-state index in [1.807, 2.05) is 30.3 Å². The molecule has 4 heteroatoms. The Morgan fingerprint density at radius 2 is 2.00 bits per heavy atom. The van der Waals surface area contributed by atoms with Crippen molar-refractivity contribution in [3.8, 4) is 0 Å². The van der Waals surface area contributed by atoms with Gasteiger partial charge in [-0.15, -0.1) is 0 Å². The quantitative estimate of drug-likeness (QED) is 0.759. The van der Waals surface area contributed by atoms with Gasteiger partial charge in [0.2, 0.25) is 0 Å². The lowest BCUT2D eigenvalue weighted by molar-refractivity contribution is 1.04. The summed E-state index contributed by atoms with van der Waals surface area (Å²) in [6.45, 7) is 0. The number of H-pyrrole nitrogens is 1. The summed E-state index contributed by atoms with van der Waals surface area (Å²) in [7, 11) is 0. The summed E-state index contributed by atoms with van der Waals surface area (Å²) in [5.74, 6) is 0.150. The van der Waals surface area contributed by atoms with Crippen molar-refractivity contribution in [1.29, 1.82) is 0 Å². The second-order valence-electron chi connectivity index (χ2n) is 3.29. The van der Waals surface area contributed by atoms with E-state index in [-0.39, 0.29) is 11.5 Å². The van der Waals surface area contributed by atoms with Crippen molar-refractivity contribution in [2.24, 2.45) is 0 Å². The minimum atomic E-state index is -0.175. The molecule has 0 radical (unpaired) electrons. The highest BCUT2D eigenvalue weighted by atomic mass is 16.1. The van der Waals surface area contributed by atoms with E-state index < -0.39 is 0 Å². The Kier molecular flexibility index (Phi) is 2.49. The van der Waals surface area contributed by atoms with Gasteiger partial charge in [-0.2, -0.15) is 0 Å². The Bertz CT molecular complexity index is 505. The highest BCUT2D eigenvalue weighted by Gasteiger charge is 2.01. The van der Waals surface area contributed by atoms with E-state index in [0.717, 1.165) is 5.56 Å². The van der Waals surface area contributed by atoms with Crippen LogP contribution >= 0.6 is 0 Å². The molecule has 4 nitrogen and oxygen atoms in total. The summed E-state index contributed by atoms with van der Waals surface area (Å²) in [6, 6.07) is 9.75. The van der Waals surface area contributed by atoms with Crippen LogP contribution in [0.2, 0.25) is 0 Å². The smallest absolute Gasteiger partial charge is 0.255 e. The first-order chi connectivity index (χ1) is 7.25. The number of benzene rings is 1. The molecule has 2 aromatic rings. The van der Waals surface area contributed by atoms with Crippen LogP contribution in [0.15, 0.2) is 41.3 Å². The fraction of sp³-hybridized carbons (Fsp3) is 0.0909. The van der Waals surface area contributed by atoms with Crippen LogP contribution in [-0.2, 0) is 6.42 Å². The van der Waals surface area contributed by atoms with Gasteiger partial charge in [0.25, 0.3) is 5.56 Å². The van der Waals surface area contributed by atoms with Crippen molar-refractivity contribution in [2.45, 2.75) is 6.42 Å². The minimum absolute atomic E-state index is 0.150. The van der Waals surface area contributed by atoms with Crippen molar-refractivity contribution in [1.82, 2.24) is 9.97 Å². The molecule has 0 amide bonds. The number of nitrogen functional groups attached to an aromatic ring is 1. The number of anilines is 1. The van der Waals surface area contributed by atoms with Crippen LogP contribution in [0.5, 0.6) is 0 Å². The van der Waals surface area contributed by atoms with Crippen molar-refractivity contribution < 1.29 is 0 Å². The van der Waals surface area contributed by atoms with Crippen LogP contribution in [0.25, 0.3) is 0 Å². The number of rotatable bonds is 2. The fourth-order valence-corrected chi connectivity index (χ4v) is 1.38. The molecule has 0 aliphatic heterocycles. The number of aromatic nitrogens is 2. The SMILES string of the molecule is Nc1ncc(Cc2ccccc2)c(=O)[nH]1. The lowest BCUT2D eigenvalue weighted by Crippen LogP contribution is -2.15. The van der Waals surface area contributed by atoms with Crippen molar-refractivity contribution in [2.75, 3.05) is 5.73 Å². The first kappa shape index (κ1) is 9.45. The molecule has 0 spiro atoms. The van der Waals surface area contributed by atoms with Crippen LogP contribution in [-0.4, -0.2) is 9.97 Å². The molecule has 15 heavy (non-hydrogen) atoms. The molecule has 0 saturated carbocycles. The lowest BCUT2D eigenvalue weighted by atomic mass is 10.1. The number of nitrogens with zero attached hydrogens (tertiary/aromatic N) is 1. The molecular formula is C11H11N3O. The predicted molar refractivity (Wildman–Crippen MR) is 58.5 cm³/mol. The van der Waals surface area contributed by atoms with E-state index in [1.165, 1.54) is 6.20 Å². The van der Waals surface area contributed by atoms with E-state index in [4.69, 9.17) is 5.73 Å². The van der Waals surface area contributed by atoms with Gasteiger partial charge in [-0.05, 0) is 5.56 Å². The van der Waals surface area contributed by atoms with Gasteiger partial charge >= 0.3 is 0 Å². The van der Waals surface area contributed by atoms with Crippen LogP contribution in [0, 0.1) is 0 Å². The standard InChI is InChI=1S/C11H11N3O/c12-11-13-7-9(10(15)14-11)6-8-4-2-1-3-5-8/h1-5,7H,6H2,(H3,12,13,14,15). The van der Waals surface area contributed by atoms with Gasteiger partial charge in [0.15, 0.2) is 5.95 Å². The summed E-state index contributed by atoms with van der Waals surface area (Å²) in [5.41, 5.74) is 6.88. The normalized spacial score (nSPS) is 10.1. The van der Waals surface area contributed by atoms with Crippen molar-refractivity contribution in [3.05, 3.63) is 58.0 Å². The van der Waals surface area contributed by atoms with Gasteiger partial charge in [-0.1, -0.05) is 30.3 Å². The topological polar surface area (TPSA) is 71.8 Å². The maximum Gasteiger partial charge on any atom is 0.255 e. The third-order valence-electron chi connectivity index (χ3n) is 2.13. The van der Waals surface area contributed by atoms with Crippen LogP contribution in [0.1, 0.15) is 11.1 Å². The van der Waals surface area contributed by atoms with E-state index >= 15 is 0 Å². The van der Waals surface area contributed by atoms with Gasteiger partial charge in [0.1, 0.15) is 0 Å². The van der Waals surface area contributed by atoms with Crippen molar-refractivity contribution in [3.63, 3.8) is 0 Å². The second kappa shape index (κ2) is 3.96. The average molecular weight is 201 g/mol. The molecule has 0 bridgehead atoms. The van der Waals surface area contributed by atoms with Crippen LogP contribution in [0.3, 0.4) is 0 Å². The first-order valence-electron chi connectivity index (χ1n) is 4.63. The Balaban J connectivity index is 2.29. The Hall–Kier alpha value is -2.10. The molecule has 0 saturated heterocycles. The zero-order valence-electron chi connectivity index (χ0n) is 8.10. The Labute approximate surface area is 86.8 Å². The molecule has 0 aliphatic rings. The maximum atomic E-state index is 11.5. The monoisotopic (exact) mass is 201 g/mol. The molecule has 0 unspecified atom stereocenters. The largest absolute Gasteiger partial charge is 0.369 e. The molecule has 1 aromatic heterocycles.